The second-order valence-electron chi connectivity index (χ2n) is 5.14. The number of hydrogen-bond acceptors (Lipinski definition) is 2. The van der Waals surface area contributed by atoms with Crippen molar-refractivity contribution in [2.24, 2.45) is 7.05 Å². The van der Waals surface area contributed by atoms with Gasteiger partial charge < -0.3 is 0 Å². The van der Waals surface area contributed by atoms with Crippen molar-refractivity contribution in [1.29, 1.82) is 0 Å². The first kappa shape index (κ1) is 13.5. The number of carbonyl (C=O) groups excluding carboxylic acids is 1. The van der Waals surface area contributed by atoms with E-state index in [2.05, 4.69) is 24.2 Å². The first-order chi connectivity index (χ1) is 8.99. The van der Waals surface area contributed by atoms with Crippen molar-refractivity contribution in [2.75, 3.05) is 0 Å². The molecule has 0 aliphatic heterocycles. The summed E-state index contributed by atoms with van der Waals surface area (Å²) in [4.78, 5) is 12.4. The van der Waals surface area contributed by atoms with Gasteiger partial charge in [0.25, 0.3) is 0 Å². The quantitative estimate of drug-likeness (QED) is 0.788. The molecular weight excluding hydrogens is 236 g/mol. The highest BCUT2D eigenvalue weighted by atomic mass is 16.1. The van der Waals surface area contributed by atoms with Crippen LogP contribution in [-0.2, 0) is 13.5 Å². The molecule has 0 bridgehead atoms. The molecule has 3 heteroatoms. The van der Waals surface area contributed by atoms with E-state index in [-0.39, 0.29) is 5.78 Å². The Morgan fingerprint density at radius 1 is 1.21 bits per heavy atom. The highest BCUT2D eigenvalue weighted by molar-refractivity contribution is 5.99. The van der Waals surface area contributed by atoms with Crippen LogP contribution >= 0.6 is 0 Å². The van der Waals surface area contributed by atoms with Crippen LogP contribution in [0.2, 0.25) is 0 Å². The summed E-state index contributed by atoms with van der Waals surface area (Å²) >= 11 is 0. The minimum atomic E-state index is 0.219. The van der Waals surface area contributed by atoms with Crippen LogP contribution < -0.4 is 0 Å². The van der Waals surface area contributed by atoms with E-state index in [1.54, 1.807) is 6.20 Å². The molecule has 0 saturated carbocycles. The number of aryl methyl sites for hydroxylation is 5. The van der Waals surface area contributed by atoms with Crippen molar-refractivity contribution in [1.82, 2.24) is 9.78 Å². The second-order valence-corrected chi connectivity index (χ2v) is 5.14. The smallest absolute Gasteiger partial charge is 0.163 e. The zero-order valence-electron chi connectivity index (χ0n) is 12.0. The van der Waals surface area contributed by atoms with Crippen molar-refractivity contribution in [2.45, 2.75) is 33.6 Å². The first-order valence-corrected chi connectivity index (χ1v) is 6.57. The Bertz CT molecular complexity index is 588. The Morgan fingerprint density at radius 3 is 2.37 bits per heavy atom. The largest absolute Gasteiger partial charge is 0.294 e. The molecule has 19 heavy (non-hydrogen) atoms. The monoisotopic (exact) mass is 256 g/mol. The van der Waals surface area contributed by atoms with Crippen LogP contribution in [-0.4, -0.2) is 15.6 Å². The predicted molar refractivity (Wildman–Crippen MR) is 76.5 cm³/mol. The predicted octanol–water partition coefficient (Wildman–Crippen LogP) is 3.16. The molecule has 0 fully saturated rings. The lowest BCUT2D eigenvalue weighted by Gasteiger charge is -2.10. The van der Waals surface area contributed by atoms with E-state index in [0.717, 1.165) is 28.8 Å². The first-order valence-electron chi connectivity index (χ1n) is 6.57. The fraction of sp³-hybridized carbons (Fsp3) is 0.375. The molecule has 0 aliphatic rings. The van der Waals surface area contributed by atoms with Crippen LogP contribution in [0.5, 0.6) is 0 Å². The van der Waals surface area contributed by atoms with Crippen LogP contribution in [0.3, 0.4) is 0 Å². The molecule has 0 aliphatic carbocycles. The van der Waals surface area contributed by atoms with Gasteiger partial charge in [-0.05, 0) is 44.4 Å². The SMILES string of the molecule is Cc1cc(C)c(C(=O)CCc2ccnn2C)c(C)c1. The fourth-order valence-corrected chi connectivity index (χ4v) is 2.63. The lowest BCUT2D eigenvalue weighted by Crippen LogP contribution is -2.08. The third-order valence-electron chi connectivity index (χ3n) is 3.49. The Hall–Kier alpha value is -1.90. The summed E-state index contributed by atoms with van der Waals surface area (Å²) in [5, 5.41) is 4.12. The van der Waals surface area contributed by atoms with Gasteiger partial charge in [-0.15, -0.1) is 0 Å². The summed E-state index contributed by atoms with van der Waals surface area (Å²) in [6, 6.07) is 6.11. The molecule has 0 N–H and O–H groups in total. The molecule has 3 nitrogen and oxygen atoms in total. The summed E-state index contributed by atoms with van der Waals surface area (Å²) in [5.74, 6) is 0.219. The summed E-state index contributed by atoms with van der Waals surface area (Å²) in [5.41, 5.74) is 5.33. The molecule has 0 unspecified atom stereocenters. The van der Waals surface area contributed by atoms with E-state index in [0.29, 0.717) is 6.42 Å². The van der Waals surface area contributed by atoms with Gasteiger partial charge in [-0.3, -0.25) is 9.48 Å². The number of rotatable bonds is 4. The summed E-state index contributed by atoms with van der Waals surface area (Å²) in [6.07, 6.45) is 3.04. The van der Waals surface area contributed by atoms with Crippen LogP contribution in [0.25, 0.3) is 0 Å². The average Bonchev–Trinajstić information content (AvgIpc) is 2.70. The van der Waals surface area contributed by atoms with Crippen molar-refractivity contribution in [3.63, 3.8) is 0 Å². The highest BCUT2D eigenvalue weighted by Crippen LogP contribution is 2.19. The van der Waals surface area contributed by atoms with Gasteiger partial charge >= 0.3 is 0 Å². The molecule has 100 valence electrons. The summed E-state index contributed by atoms with van der Waals surface area (Å²) < 4.78 is 1.82. The maximum Gasteiger partial charge on any atom is 0.163 e. The van der Waals surface area contributed by atoms with Gasteiger partial charge in [0.15, 0.2) is 5.78 Å². The third-order valence-corrected chi connectivity index (χ3v) is 3.49. The van der Waals surface area contributed by atoms with Gasteiger partial charge in [-0.2, -0.15) is 5.10 Å². The second kappa shape index (κ2) is 5.39. The van der Waals surface area contributed by atoms with Crippen molar-refractivity contribution in [3.8, 4) is 0 Å². The molecule has 1 aromatic heterocycles. The summed E-state index contributed by atoms with van der Waals surface area (Å²) in [6.45, 7) is 6.08. The molecule has 1 aromatic carbocycles. The van der Waals surface area contributed by atoms with E-state index in [9.17, 15) is 4.79 Å². The van der Waals surface area contributed by atoms with Gasteiger partial charge in [0.1, 0.15) is 0 Å². The minimum Gasteiger partial charge on any atom is -0.294 e. The molecule has 0 spiro atoms. The molecule has 0 radical (unpaired) electrons. The number of nitrogens with zero attached hydrogens (tertiary/aromatic N) is 2. The van der Waals surface area contributed by atoms with Gasteiger partial charge in [0.2, 0.25) is 0 Å². The minimum absolute atomic E-state index is 0.219. The van der Waals surface area contributed by atoms with Gasteiger partial charge in [0, 0.05) is 30.9 Å². The zero-order valence-corrected chi connectivity index (χ0v) is 12.0. The van der Waals surface area contributed by atoms with E-state index in [1.165, 1.54) is 5.56 Å². The lowest BCUT2D eigenvalue weighted by molar-refractivity contribution is 0.0981. The van der Waals surface area contributed by atoms with E-state index < -0.39 is 0 Å². The van der Waals surface area contributed by atoms with E-state index in [4.69, 9.17) is 0 Å². The number of Topliss-reactive ketones (excluding diaryl/α,β-unsaturated/α-hetero) is 1. The van der Waals surface area contributed by atoms with E-state index in [1.807, 2.05) is 31.6 Å². The van der Waals surface area contributed by atoms with Gasteiger partial charge in [0.05, 0.1) is 0 Å². The molecule has 0 saturated heterocycles. The van der Waals surface area contributed by atoms with Crippen LogP contribution in [0.15, 0.2) is 24.4 Å². The molecular formula is C16H20N2O. The number of benzene rings is 1. The van der Waals surface area contributed by atoms with Crippen LogP contribution in [0.4, 0.5) is 0 Å². The number of aromatic nitrogens is 2. The van der Waals surface area contributed by atoms with E-state index >= 15 is 0 Å². The molecule has 0 amide bonds. The number of carbonyl (C=O) groups is 1. The Balaban J connectivity index is 2.15. The maximum absolute atomic E-state index is 12.4. The lowest BCUT2D eigenvalue weighted by atomic mass is 9.94. The van der Waals surface area contributed by atoms with Crippen molar-refractivity contribution < 1.29 is 4.79 Å². The number of ketones is 1. The van der Waals surface area contributed by atoms with Crippen molar-refractivity contribution in [3.05, 3.63) is 52.3 Å². The Kier molecular flexibility index (Phi) is 3.84. The molecule has 0 atom stereocenters. The number of hydrogen-bond donors (Lipinski definition) is 0. The normalized spacial score (nSPS) is 10.7. The third kappa shape index (κ3) is 2.92. The van der Waals surface area contributed by atoms with Crippen LogP contribution in [0.1, 0.15) is 39.2 Å². The molecule has 2 rings (SSSR count). The topological polar surface area (TPSA) is 34.9 Å². The van der Waals surface area contributed by atoms with Crippen LogP contribution in [0, 0.1) is 20.8 Å². The maximum atomic E-state index is 12.4. The molecule has 1 heterocycles. The summed E-state index contributed by atoms with van der Waals surface area (Å²) in [7, 11) is 1.90. The Labute approximate surface area is 114 Å². The Morgan fingerprint density at radius 2 is 1.84 bits per heavy atom. The van der Waals surface area contributed by atoms with Crippen molar-refractivity contribution >= 4 is 5.78 Å². The van der Waals surface area contributed by atoms with Gasteiger partial charge in [-0.25, -0.2) is 0 Å². The zero-order chi connectivity index (χ0) is 14.0. The molecule has 2 aromatic rings. The highest BCUT2D eigenvalue weighted by Gasteiger charge is 2.13. The fourth-order valence-electron chi connectivity index (χ4n) is 2.63. The standard InChI is InChI=1S/C16H20N2O/c1-11-9-12(2)16(13(3)10-11)15(19)6-5-14-7-8-17-18(14)4/h7-10H,5-6H2,1-4H3. The average molecular weight is 256 g/mol. The van der Waals surface area contributed by atoms with Gasteiger partial charge in [-0.1, -0.05) is 17.7 Å².